The molecular formula is C24H32N2O3S2. The lowest BCUT2D eigenvalue weighted by molar-refractivity contribution is 0.0720. The molecule has 0 bridgehead atoms. The minimum Gasteiger partial charge on any atom is -0.339 e. The van der Waals surface area contributed by atoms with Crippen molar-refractivity contribution in [2.24, 2.45) is 0 Å². The topological polar surface area (TPSA) is 66.5 Å². The average Bonchev–Trinajstić information content (AvgIpc) is 2.75. The average molecular weight is 461 g/mol. The van der Waals surface area contributed by atoms with Gasteiger partial charge in [-0.1, -0.05) is 12.1 Å². The number of nitrogens with zero attached hydrogens (tertiary/aromatic N) is 1. The number of thioether (sulfide) groups is 1. The first-order valence-electron chi connectivity index (χ1n) is 10.7. The maximum absolute atomic E-state index is 13.2. The summed E-state index contributed by atoms with van der Waals surface area (Å²) in [5, 5.41) is 0. The van der Waals surface area contributed by atoms with Gasteiger partial charge in [-0.2, -0.15) is 0 Å². The predicted octanol–water partition coefficient (Wildman–Crippen LogP) is 5.00. The van der Waals surface area contributed by atoms with Crippen LogP contribution in [0.5, 0.6) is 0 Å². The number of sulfonamides is 1. The summed E-state index contributed by atoms with van der Waals surface area (Å²) in [6, 6.07) is 8.60. The molecule has 168 valence electrons. The van der Waals surface area contributed by atoms with E-state index in [1.165, 1.54) is 23.4 Å². The molecule has 0 radical (unpaired) electrons. The van der Waals surface area contributed by atoms with Gasteiger partial charge in [-0.3, -0.25) is 4.79 Å². The molecule has 1 fully saturated rings. The van der Waals surface area contributed by atoms with Crippen LogP contribution in [-0.4, -0.2) is 38.6 Å². The molecular weight excluding hydrogens is 428 g/mol. The number of carbonyl (C=O) groups excluding carboxylic acids is 1. The lowest BCUT2D eigenvalue weighted by Crippen LogP contribution is -2.36. The number of carbonyl (C=O) groups is 1. The molecule has 1 aliphatic rings. The number of likely N-dealkylation sites (tertiary alicyclic amines) is 1. The van der Waals surface area contributed by atoms with Crippen LogP contribution >= 0.6 is 11.8 Å². The molecule has 31 heavy (non-hydrogen) atoms. The van der Waals surface area contributed by atoms with Gasteiger partial charge in [-0.05, 0) is 93.7 Å². The highest BCUT2D eigenvalue weighted by Crippen LogP contribution is 2.28. The quantitative estimate of drug-likeness (QED) is 0.616. The fourth-order valence-corrected chi connectivity index (χ4v) is 5.92. The van der Waals surface area contributed by atoms with Crippen LogP contribution in [0.4, 0.5) is 0 Å². The number of benzene rings is 2. The third-order valence-corrected chi connectivity index (χ3v) is 8.37. The van der Waals surface area contributed by atoms with Crippen molar-refractivity contribution in [2.75, 3.05) is 19.3 Å². The van der Waals surface area contributed by atoms with Crippen molar-refractivity contribution in [1.82, 2.24) is 9.62 Å². The summed E-state index contributed by atoms with van der Waals surface area (Å²) in [4.78, 5) is 15.9. The second-order valence-electron chi connectivity index (χ2n) is 8.35. The van der Waals surface area contributed by atoms with E-state index in [4.69, 9.17) is 0 Å². The second-order valence-corrected chi connectivity index (χ2v) is 10.9. The van der Waals surface area contributed by atoms with E-state index in [1.807, 2.05) is 38.0 Å². The molecule has 1 saturated heterocycles. The first kappa shape index (κ1) is 23.8. The third-order valence-electron chi connectivity index (χ3n) is 6.04. The molecule has 7 heteroatoms. The number of hydrogen-bond donors (Lipinski definition) is 1. The van der Waals surface area contributed by atoms with E-state index in [1.54, 1.807) is 12.1 Å². The number of hydrogen-bond acceptors (Lipinski definition) is 4. The van der Waals surface area contributed by atoms with Gasteiger partial charge in [0.2, 0.25) is 10.0 Å². The van der Waals surface area contributed by atoms with E-state index in [9.17, 15) is 13.2 Å². The maximum atomic E-state index is 13.2. The van der Waals surface area contributed by atoms with Crippen molar-refractivity contribution >= 4 is 27.7 Å². The molecule has 1 N–H and O–H groups in total. The molecule has 1 amide bonds. The van der Waals surface area contributed by atoms with Gasteiger partial charge in [-0.15, -0.1) is 11.8 Å². The van der Waals surface area contributed by atoms with Crippen LogP contribution in [-0.2, 0) is 10.0 Å². The molecule has 5 nitrogen and oxygen atoms in total. The fourth-order valence-electron chi connectivity index (χ4n) is 4.10. The van der Waals surface area contributed by atoms with Crippen LogP contribution in [0, 0.1) is 20.8 Å². The zero-order valence-electron chi connectivity index (χ0n) is 19.0. The highest BCUT2D eigenvalue weighted by Gasteiger charge is 2.25. The summed E-state index contributed by atoms with van der Waals surface area (Å²) in [5.41, 5.74) is 4.79. The standard InChI is InChI=1S/C24H32N2O3S2/c1-16-13-18(3)21(14-17(16)2)19(4)25-31(28,29)20-9-10-23(30-5)22(15-20)24(27)26-11-7-6-8-12-26/h9-10,13-15,19,25H,6-8,11-12H2,1-5H3. The normalized spacial score (nSPS) is 15.7. The Morgan fingerprint density at radius 1 is 1.00 bits per heavy atom. The van der Waals surface area contributed by atoms with Gasteiger partial charge in [0.1, 0.15) is 0 Å². The Morgan fingerprint density at radius 3 is 2.29 bits per heavy atom. The molecule has 0 aromatic heterocycles. The second kappa shape index (κ2) is 9.76. The molecule has 1 aliphatic heterocycles. The van der Waals surface area contributed by atoms with Crippen molar-refractivity contribution in [3.63, 3.8) is 0 Å². The summed E-state index contributed by atoms with van der Waals surface area (Å²) in [6.07, 6.45) is 5.02. The van der Waals surface area contributed by atoms with E-state index in [-0.39, 0.29) is 16.8 Å². The molecule has 0 aliphatic carbocycles. The van der Waals surface area contributed by atoms with Gasteiger partial charge in [0.05, 0.1) is 10.5 Å². The zero-order valence-corrected chi connectivity index (χ0v) is 20.6. The first-order valence-corrected chi connectivity index (χ1v) is 13.4. The Kier molecular flexibility index (Phi) is 7.50. The van der Waals surface area contributed by atoms with Crippen LogP contribution in [0.15, 0.2) is 40.1 Å². The number of nitrogens with one attached hydrogen (secondary N) is 1. The molecule has 1 atom stereocenters. The Bertz CT molecular complexity index is 1070. The van der Waals surface area contributed by atoms with Gasteiger partial charge in [-0.25, -0.2) is 13.1 Å². The summed E-state index contributed by atoms with van der Waals surface area (Å²) in [5.74, 6) is -0.0841. The predicted molar refractivity (Wildman–Crippen MR) is 127 cm³/mol. The summed E-state index contributed by atoms with van der Waals surface area (Å²) < 4.78 is 29.2. The maximum Gasteiger partial charge on any atom is 0.255 e. The van der Waals surface area contributed by atoms with Crippen LogP contribution in [0.2, 0.25) is 0 Å². The SMILES string of the molecule is CSc1ccc(S(=O)(=O)NC(C)c2cc(C)c(C)cc2C)cc1C(=O)N1CCCCC1. The number of piperidine rings is 1. The van der Waals surface area contributed by atoms with Gasteiger partial charge in [0.25, 0.3) is 5.91 Å². The van der Waals surface area contributed by atoms with Crippen molar-refractivity contribution in [2.45, 2.75) is 62.8 Å². The Morgan fingerprint density at radius 2 is 1.65 bits per heavy atom. The van der Waals surface area contributed by atoms with E-state index < -0.39 is 10.0 Å². The lowest BCUT2D eigenvalue weighted by atomic mass is 9.97. The highest BCUT2D eigenvalue weighted by molar-refractivity contribution is 7.98. The third kappa shape index (κ3) is 5.33. The van der Waals surface area contributed by atoms with Gasteiger partial charge in [0, 0.05) is 24.0 Å². The van der Waals surface area contributed by atoms with E-state index in [2.05, 4.69) is 17.7 Å². The summed E-state index contributed by atoms with van der Waals surface area (Å²) in [6.45, 7) is 9.38. The number of rotatable bonds is 6. The zero-order chi connectivity index (χ0) is 22.8. The molecule has 1 unspecified atom stereocenters. The molecule has 2 aromatic rings. The lowest BCUT2D eigenvalue weighted by Gasteiger charge is -2.27. The summed E-state index contributed by atoms with van der Waals surface area (Å²) in [7, 11) is -3.79. The molecule has 0 saturated carbocycles. The largest absolute Gasteiger partial charge is 0.339 e. The first-order chi connectivity index (χ1) is 14.6. The fraction of sp³-hybridized carbons (Fsp3) is 0.458. The minimum absolute atomic E-state index is 0.0841. The van der Waals surface area contributed by atoms with E-state index in [0.29, 0.717) is 5.56 Å². The van der Waals surface area contributed by atoms with Crippen molar-refractivity contribution < 1.29 is 13.2 Å². The van der Waals surface area contributed by atoms with Crippen LogP contribution in [0.25, 0.3) is 0 Å². The molecule has 1 heterocycles. The van der Waals surface area contributed by atoms with Crippen molar-refractivity contribution in [1.29, 1.82) is 0 Å². The van der Waals surface area contributed by atoms with E-state index in [0.717, 1.165) is 53.9 Å². The molecule has 0 spiro atoms. The smallest absolute Gasteiger partial charge is 0.255 e. The van der Waals surface area contributed by atoms with Crippen LogP contribution in [0.1, 0.15) is 64.8 Å². The number of aryl methyl sites for hydroxylation is 3. The number of amides is 1. The van der Waals surface area contributed by atoms with Crippen molar-refractivity contribution in [3.8, 4) is 0 Å². The van der Waals surface area contributed by atoms with E-state index >= 15 is 0 Å². The van der Waals surface area contributed by atoms with Gasteiger partial charge < -0.3 is 4.90 Å². The Labute approximate surface area is 190 Å². The Balaban J connectivity index is 1.90. The van der Waals surface area contributed by atoms with Gasteiger partial charge >= 0.3 is 0 Å². The van der Waals surface area contributed by atoms with Crippen molar-refractivity contribution in [3.05, 3.63) is 58.1 Å². The molecule has 3 rings (SSSR count). The highest BCUT2D eigenvalue weighted by atomic mass is 32.2. The minimum atomic E-state index is -3.79. The van der Waals surface area contributed by atoms with Crippen LogP contribution < -0.4 is 4.72 Å². The monoisotopic (exact) mass is 460 g/mol. The molecule has 2 aromatic carbocycles. The van der Waals surface area contributed by atoms with Crippen LogP contribution in [0.3, 0.4) is 0 Å². The Hall–Kier alpha value is -1.83. The summed E-state index contributed by atoms with van der Waals surface area (Å²) >= 11 is 1.46. The van der Waals surface area contributed by atoms with Gasteiger partial charge in [0.15, 0.2) is 0 Å².